The van der Waals surface area contributed by atoms with Gasteiger partial charge in [-0.25, -0.2) is 0 Å². The predicted molar refractivity (Wildman–Crippen MR) is 66.2 cm³/mol. The lowest BCUT2D eigenvalue weighted by atomic mass is 9.99. The minimum Gasteiger partial charge on any atom is -0.310 e. The van der Waals surface area contributed by atoms with Crippen LogP contribution in [0.4, 0.5) is 0 Å². The molecule has 2 aliphatic rings. The molecule has 2 atom stereocenters. The Morgan fingerprint density at radius 3 is 3.18 bits per heavy atom. The van der Waals surface area contributed by atoms with E-state index in [2.05, 4.69) is 22.4 Å². The number of rotatable bonds is 1. The van der Waals surface area contributed by atoms with Crippen LogP contribution in [0.5, 0.6) is 0 Å². The second-order valence-corrected chi connectivity index (χ2v) is 4.89. The Hall–Kier alpha value is -1.66. The molecule has 0 radical (unpaired) electrons. The van der Waals surface area contributed by atoms with E-state index >= 15 is 0 Å². The molecule has 0 aromatic carbocycles. The molecule has 3 rings (SSSR count). The predicted octanol–water partition coefficient (Wildman–Crippen LogP) is 2.03. The first-order valence-corrected chi connectivity index (χ1v) is 6.09. The molecule has 1 aliphatic heterocycles. The molecule has 1 aliphatic carbocycles. The third-order valence-corrected chi connectivity index (χ3v) is 3.84. The average Bonchev–Trinajstić information content (AvgIpc) is 2.90. The van der Waals surface area contributed by atoms with E-state index in [9.17, 15) is 0 Å². The van der Waals surface area contributed by atoms with Gasteiger partial charge in [0.1, 0.15) is 6.07 Å². The minimum absolute atomic E-state index is 0.539. The molecule has 1 aromatic rings. The van der Waals surface area contributed by atoms with Gasteiger partial charge in [-0.2, -0.15) is 5.26 Å². The maximum atomic E-state index is 9.03. The van der Waals surface area contributed by atoms with Gasteiger partial charge in [-0.1, -0.05) is 6.08 Å². The monoisotopic (exact) mass is 225 g/mol. The van der Waals surface area contributed by atoms with Crippen molar-refractivity contribution >= 4 is 5.57 Å². The second-order valence-electron chi connectivity index (χ2n) is 4.89. The Morgan fingerprint density at radius 2 is 2.41 bits per heavy atom. The number of hydrogen-bond acceptors (Lipinski definition) is 3. The van der Waals surface area contributed by atoms with Crippen molar-refractivity contribution in [1.82, 2.24) is 10.3 Å². The van der Waals surface area contributed by atoms with Crippen LogP contribution in [-0.4, -0.2) is 17.6 Å². The first kappa shape index (κ1) is 10.5. The molecular formula is C14H15N3. The Bertz CT molecular complexity index is 525. The van der Waals surface area contributed by atoms with Crippen molar-refractivity contribution in [2.75, 3.05) is 6.54 Å². The highest BCUT2D eigenvalue weighted by molar-refractivity contribution is 5.69. The number of aromatic nitrogens is 1. The molecule has 0 saturated carbocycles. The summed E-state index contributed by atoms with van der Waals surface area (Å²) in [4.78, 5) is 4.30. The number of allylic oxidation sites excluding steroid dienone is 1. The molecule has 0 unspecified atom stereocenters. The van der Waals surface area contributed by atoms with Crippen molar-refractivity contribution in [3.8, 4) is 6.07 Å². The van der Waals surface area contributed by atoms with E-state index in [4.69, 9.17) is 5.26 Å². The summed E-state index contributed by atoms with van der Waals surface area (Å²) in [6.07, 6.45) is 6.58. The highest BCUT2D eigenvalue weighted by Gasteiger charge is 2.31. The number of nitriles is 1. The van der Waals surface area contributed by atoms with Crippen LogP contribution in [0.25, 0.3) is 5.57 Å². The van der Waals surface area contributed by atoms with Gasteiger partial charge in [0.2, 0.25) is 0 Å². The first-order chi connectivity index (χ1) is 8.28. The summed E-state index contributed by atoms with van der Waals surface area (Å²) in [7, 11) is 0. The van der Waals surface area contributed by atoms with E-state index in [0.29, 0.717) is 11.6 Å². The summed E-state index contributed by atoms with van der Waals surface area (Å²) in [5.41, 5.74) is 3.96. The SMILES string of the molecule is Cc1ncc(C2=C[C@@H]3NCC[C@@H]3C2)cc1C#N. The molecular weight excluding hydrogens is 210 g/mol. The summed E-state index contributed by atoms with van der Waals surface area (Å²) in [6, 6.07) is 4.71. The summed E-state index contributed by atoms with van der Waals surface area (Å²) in [5, 5.41) is 12.5. The van der Waals surface area contributed by atoms with Crippen molar-refractivity contribution < 1.29 is 0 Å². The van der Waals surface area contributed by atoms with E-state index in [1.165, 1.54) is 12.0 Å². The lowest BCUT2D eigenvalue weighted by Crippen LogP contribution is -2.20. The summed E-state index contributed by atoms with van der Waals surface area (Å²) in [6.45, 7) is 3.01. The van der Waals surface area contributed by atoms with Crippen molar-refractivity contribution in [2.45, 2.75) is 25.8 Å². The zero-order valence-electron chi connectivity index (χ0n) is 9.90. The molecule has 0 amide bonds. The largest absolute Gasteiger partial charge is 0.310 e. The molecule has 1 saturated heterocycles. The third kappa shape index (κ3) is 1.75. The Kier molecular flexibility index (Phi) is 2.45. The first-order valence-electron chi connectivity index (χ1n) is 6.09. The number of hydrogen-bond donors (Lipinski definition) is 1. The zero-order chi connectivity index (χ0) is 11.8. The number of pyridine rings is 1. The highest BCUT2D eigenvalue weighted by atomic mass is 15.0. The van der Waals surface area contributed by atoms with Gasteiger partial charge in [0.25, 0.3) is 0 Å². The van der Waals surface area contributed by atoms with Crippen LogP contribution in [0.15, 0.2) is 18.3 Å². The van der Waals surface area contributed by atoms with Gasteiger partial charge >= 0.3 is 0 Å². The van der Waals surface area contributed by atoms with Crippen molar-refractivity contribution in [1.29, 1.82) is 5.26 Å². The van der Waals surface area contributed by atoms with E-state index < -0.39 is 0 Å². The molecule has 17 heavy (non-hydrogen) atoms. The quantitative estimate of drug-likeness (QED) is 0.795. The molecule has 0 bridgehead atoms. The molecule has 1 N–H and O–H groups in total. The molecule has 86 valence electrons. The van der Waals surface area contributed by atoms with Crippen LogP contribution in [0.2, 0.25) is 0 Å². The molecule has 3 nitrogen and oxygen atoms in total. The fourth-order valence-corrected chi connectivity index (χ4v) is 2.81. The van der Waals surface area contributed by atoms with Crippen LogP contribution >= 0.6 is 0 Å². The van der Waals surface area contributed by atoms with Gasteiger partial charge in [0.05, 0.1) is 11.3 Å². The van der Waals surface area contributed by atoms with Crippen LogP contribution in [0.1, 0.15) is 29.7 Å². The number of fused-ring (bicyclic) bond motifs is 1. The van der Waals surface area contributed by atoms with Gasteiger partial charge in [0.15, 0.2) is 0 Å². The number of aryl methyl sites for hydroxylation is 1. The molecule has 3 heteroatoms. The zero-order valence-corrected chi connectivity index (χ0v) is 9.90. The topological polar surface area (TPSA) is 48.7 Å². The molecule has 1 fully saturated rings. The van der Waals surface area contributed by atoms with Gasteiger partial charge in [0, 0.05) is 12.2 Å². The van der Waals surface area contributed by atoms with Crippen molar-refractivity contribution in [3.63, 3.8) is 0 Å². The molecule has 0 spiro atoms. The van der Waals surface area contributed by atoms with E-state index in [0.717, 1.165) is 30.1 Å². The smallest absolute Gasteiger partial charge is 0.101 e. The van der Waals surface area contributed by atoms with Gasteiger partial charge in [-0.15, -0.1) is 0 Å². The maximum absolute atomic E-state index is 9.03. The standard InChI is InChI=1S/C14H15N3/c1-9-12(7-15)5-13(8-17-9)11-4-10-2-3-16-14(10)6-11/h5-6,8,10,14,16H,2-4H2,1H3/t10-,14+/m1/s1. The van der Waals surface area contributed by atoms with Crippen LogP contribution < -0.4 is 5.32 Å². The molecule has 1 aromatic heterocycles. The summed E-state index contributed by atoms with van der Waals surface area (Å²) < 4.78 is 0. The Balaban J connectivity index is 1.93. The van der Waals surface area contributed by atoms with Crippen molar-refractivity contribution in [3.05, 3.63) is 35.2 Å². The number of nitrogens with one attached hydrogen (secondary N) is 1. The average molecular weight is 225 g/mol. The third-order valence-electron chi connectivity index (χ3n) is 3.84. The molecule has 2 heterocycles. The lowest BCUT2D eigenvalue weighted by Gasteiger charge is -2.07. The Morgan fingerprint density at radius 1 is 1.53 bits per heavy atom. The van der Waals surface area contributed by atoms with Crippen molar-refractivity contribution in [2.24, 2.45) is 5.92 Å². The second kappa shape index (κ2) is 3.97. The fourth-order valence-electron chi connectivity index (χ4n) is 2.81. The van der Waals surface area contributed by atoms with Gasteiger partial charge in [-0.05, 0) is 49.4 Å². The fraction of sp³-hybridized carbons (Fsp3) is 0.429. The highest BCUT2D eigenvalue weighted by Crippen LogP contribution is 2.36. The minimum atomic E-state index is 0.539. The summed E-state index contributed by atoms with van der Waals surface area (Å²) in [5.74, 6) is 0.747. The van der Waals surface area contributed by atoms with Crippen LogP contribution in [0.3, 0.4) is 0 Å². The van der Waals surface area contributed by atoms with E-state index in [-0.39, 0.29) is 0 Å². The maximum Gasteiger partial charge on any atom is 0.101 e. The summed E-state index contributed by atoms with van der Waals surface area (Å²) >= 11 is 0. The van der Waals surface area contributed by atoms with Crippen LogP contribution in [0, 0.1) is 24.2 Å². The lowest BCUT2D eigenvalue weighted by molar-refractivity contribution is 0.553. The van der Waals surface area contributed by atoms with Gasteiger partial charge in [-0.3, -0.25) is 4.98 Å². The van der Waals surface area contributed by atoms with E-state index in [1.807, 2.05) is 19.2 Å². The van der Waals surface area contributed by atoms with Crippen LogP contribution in [-0.2, 0) is 0 Å². The van der Waals surface area contributed by atoms with Gasteiger partial charge < -0.3 is 5.32 Å². The number of nitrogens with zero attached hydrogens (tertiary/aromatic N) is 2. The van der Waals surface area contributed by atoms with E-state index in [1.54, 1.807) is 0 Å². The Labute approximate surface area is 101 Å². The normalized spacial score (nSPS) is 26.5.